The number of halogens is 4. The van der Waals surface area contributed by atoms with Crippen LogP contribution in [0, 0.1) is 0 Å². The topological polar surface area (TPSA) is 46.4 Å². The third kappa shape index (κ3) is 4.39. The SMILES string of the molecule is O=C(Cc1cn2cc(Br)ccc2n1)NCc1ccc(C(F)(F)F)cc1. The van der Waals surface area contributed by atoms with Crippen LogP contribution in [0.15, 0.2) is 53.3 Å². The van der Waals surface area contributed by atoms with Crippen LogP contribution >= 0.6 is 15.9 Å². The molecule has 0 saturated carbocycles. The van der Waals surface area contributed by atoms with Gasteiger partial charge in [0.1, 0.15) is 5.65 Å². The molecule has 3 rings (SSSR count). The van der Waals surface area contributed by atoms with Gasteiger partial charge in [0.15, 0.2) is 0 Å². The van der Waals surface area contributed by atoms with Crippen molar-refractivity contribution in [1.29, 1.82) is 0 Å². The van der Waals surface area contributed by atoms with Gasteiger partial charge in [0.05, 0.1) is 17.7 Å². The molecular weight excluding hydrogens is 399 g/mol. The molecule has 0 spiro atoms. The third-order valence-electron chi connectivity index (χ3n) is 3.58. The predicted molar refractivity (Wildman–Crippen MR) is 89.9 cm³/mol. The summed E-state index contributed by atoms with van der Waals surface area (Å²) in [5.74, 6) is -0.248. The maximum atomic E-state index is 12.5. The highest BCUT2D eigenvalue weighted by Crippen LogP contribution is 2.29. The first-order chi connectivity index (χ1) is 11.8. The molecule has 0 aliphatic carbocycles. The van der Waals surface area contributed by atoms with Crippen LogP contribution in [-0.2, 0) is 23.9 Å². The van der Waals surface area contributed by atoms with Gasteiger partial charge in [-0.3, -0.25) is 4.79 Å². The molecular formula is C17H13BrF3N3O. The Balaban J connectivity index is 1.58. The van der Waals surface area contributed by atoms with Crippen molar-refractivity contribution in [2.75, 3.05) is 0 Å². The predicted octanol–water partition coefficient (Wildman–Crippen LogP) is 3.97. The molecule has 0 aliphatic heterocycles. The van der Waals surface area contributed by atoms with Gasteiger partial charge in [-0.15, -0.1) is 0 Å². The third-order valence-corrected chi connectivity index (χ3v) is 4.05. The molecule has 2 heterocycles. The van der Waals surface area contributed by atoms with E-state index in [0.717, 1.165) is 22.3 Å². The summed E-state index contributed by atoms with van der Waals surface area (Å²) < 4.78 is 40.2. The second-order valence-corrected chi connectivity index (χ2v) is 6.41. The number of imidazole rings is 1. The van der Waals surface area contributed by atoms with Crippen LogP contribution < -0.4 is 5.32 Å². The highest BCUT2D eigenvalue weighted by molar-refractivity contribution is 9.10. The summed E-state index contributed by atoms with van der Waals surface area (Å²) in [7, 11) is 0. The minimum atomic E-state index is -4.36. The van der Waals surface area contributed by atoms with E-state index in [1.165, 1.54) is 12.1 Å². The minimum absolute atomic E-state index is 0.0972. The van der Waals surface area contributed by atoms with Gasteiger partial charge in [-0.25, -0.2) is 4.98 Å². The molecule has 25 heavy (non-hydrogen) atoms. The Morgan fingerprint density at radius 1 is 1.12 bits per heavy atom. The first-order valence-electron chi connectivity index (χ1n) is 7.37. The number of carbonyl (C=O) groups excluding carboxylic acids is 1. The maximum Gasteiger partial charge on any atom is 0.416 e. The molecule has 2 aromatic heterocycles. The van der Waals surface area contributed by atoms with Gasteiger partial charge < -0.3 is 9.72 Å². The van der Waals surface area contributed by atoms with Crippen LogP contribution in [-0.4, -0.2) is 15.3 Å². The van der Waals surface area contributed by atoms with Gasteiger partial charge in [-0.05, 0) is 45.8 Å². The molecule has 4 nitrogen and oxygen atoms in total. The molecule has 3 aromatic rings. The fourth-order valence-corrected chi connectivity index (χ4v) is 2.69. The molecule has 8 heteroatoms. The Morgan fingerprint density at radius 2 is 1.84 bits per heavy atom. The van der Waals surface area contributed by atoms with E-state index >= 15 is 0 Å². The zero-order valence-electron chi connectivity index (χ0n) is 12.8. The standard InChI is InChI=1S/C17H13BrF3N3O/c18-13-5-6-15-23-14(10-24(15)9-13)7-16(25)22-8-11-1-3-12(4-2-11)17(19,20)21/h1-6,9-10H,7-8H2,(H,22,25). The van der Waals surface area contributed by atoms with Crippen LogP contribution in [0.25, 0.3) is 5.65 Å². The van der Waals surface area contributed by atoms with Gasteiger partial charge in [-0.1, -0.05) is 12.1 Å². The monoisotopic (exact) mass is 411 g/mol. The summed E-state index contributed by atoms with van der Waals surface area (Å²) in [5.41, 5.74) is 1.23. The maximum absolute atomic E-state index is 12.5. The van der Waals surface area contributed by atoms with E-state index in [1.54, 1.807) is 6.20 Å². The quantitative estimate of drug-likeness (QED) is 0.705. The number of nitrogens with zero attached hydrogens (tertiary/aromatic N) is 2. The van der Waals surface area contributed by atoms with E-state index in [2.05, 4.69) is 26.2 Å². The Morgan fingerprint density at radius 3 is 2.52 bits per heavy atom. The molecule has 1 amide bonds. The number of aromatic nitrogens is 2. The van der Waals surface area contributed by atoms with Crippen molar-refractivity contribution in [1.82, 2.24) is 14.7 Å². The largest absolute Gasteiger partial charge is 0.416 e. The Bertz CT molecular complexity index is 904. The molecule has 0 unspecified atom stereocenters. The molecule has 0 fully saturated rings. The zero-order valence-corrected chi connectivity index (χ0v) is 14.4. The average Bonchev–Trinajstić information content (AvgIpc) is 2.93. The van der Waals surface area contributed by atoms with E-state index in [1.807, 2.05) is 22.7 Å². The van der Waals surface area contributed by atoms with Gasteiger partial charge in [0.25, 0.3) is 0 Å². The second-order valence-electron chi connectivity index (χ2n) is 5.49. The van der Waals surface area contributed by atoms with Crippen molar-refractivity contribution in [3.8, 4) is 0 Å². The molecule has 0 saturated heterocycles. The van der Waals surface area contributed by atoms with Crippen molar-refractivity contribution >= 4 is 27.5 Å². The number of amides is 1. The van der Waals surface area contributed by atoms with Crippen LogP contribution in [0.3, 0.4) is 0 Å². The number of hydrogen-bond acceptors (Lipinski definition) is 2. The molecule has 130 valence electrons. The van der Waals surface area contributed by atoms with E-state index in [9.17, 15) is 18.0 Å². The number of fused-ring (bicyclic) bond motifs is 1. The van der Waals surface area contributed by atoms with Crippen molar-refractivity contribution in [3.05, 3.63) is 70.1 Å². The van der Waals surface area contributed by atoms with E-state index < -0.39 is 11.7 Å². The van der Waals surface area contributed by atoms with Crippen LogP contribution in [0.4, 0.5) is 13.2 Å². The Hall–Kier alpha value is -2.35. The molecule has 0 bridgehead atoms. The van der Waals surface area contributed by atoms with Crippen molar-refractivity contribution in [3.63, 3.8) is 0 Å². The van der Waals surface area contributed by atoms with Crippen molar-refractivity contribution < 1.29 is 18.0 Å². The number of pyridine rings is 1. The lowest BCUT2D eigenvalue weighted by molar-refractivity contribution is -0.137. The summed E-state index contributed by atoms with van der Waals surface area (Å²) in [4.78, 5) is 16.3. The summed E-state index contributed by atoms with van der Waals surface area (Å²) in [6, 6.07) is 8.39. The first-order valence-corrected chi connectivity index (χ1v) is 8.16. The number of alkyl halides is 3. The fourth-order valence-electron chi connectivity index (χ4n) is 2.34. The van der Waals surface area contributed by atoms with Gasteiger partial charge in [-0.2, -0.15) is 13.2 Å². The number of nitrogens with one attached hydrogen (secondary N) is 1. The number of benzene rings is 1. The summed E-state index contributed by atoms with van der Waals surface area (Å²) >= 11 is 3.36. The van der Waals surface area contributed by atoms with Gasteiger partial charge in [0.2, 0.25) is 5.91 Å². The minimum Gasteiger partial charge on any atom is -0.352 e. The Labute approximate surface area is 149 Å². The number of rotatable bonds is 4. The highest BCUT2D eigenvalue weighted by atomic mass is 79.9. The van der Waals surface area contributed by atoms with Crippen LogP contribution in [0.2, 0.25) is 0 Å². The Kier molecular flexibility index (Phi) is 4.80. The van der Waals surface area contributed by atoms with E-state index in [4.69, 9.17) is 0 Å². The molecule has 1 N–H and O–H groups in total. The second kappa shape index (κ2) is 6.87. The zero-order chi connectivity index (χ0) is 18.0. The van der Waals surface area contributed by atoms with E-state index in [0.29, 0.717) is 11.3 Å². The lowest BCUT2D eigenvalue weighted by atomic mass is 10.1. The highest BCUT2D eigenvalue weighted by Gasteiger charge is 2.29. The molecule has 0 radical (unpaired) electrons. The number of carbonyl (C=O) groups is 1. The lowest BCUT2D eigenvalue weighted by Crippen LogP contribution is -2.24. The summed E-state index contributed by atoms with van der Waals surface area (Å²) in [5, 5.41) is 2.68. The first kappa shape index (κ1) is 17.5. The number of hydrogen-bond donors (Lipinski definition) is 1. The lowest BCUT2D eigenvalue weighted by Gasteiger charge is -2.08. The smallest absolute Gasteiger partial charge is 0.352 e. The summed E-state index contributed by atoms with van der Waals surface area (Å²) in [6.07, 6.45) is -0.663. The van der Waals surface area contributed by atoms with Gasteiger partial charge >= 0.3 is 6.18 Å². The normalized spacial score (nSPS) is 11.7. The van der Waals surface area contributed by atoms with Crippen LogP contribution in [0.1, 0.15) is 16.8 Å². The van der Waals surface area contributed by atoms with Crippen LogP contribution in [0.5, 0.6) is 0 Å². The van der Waals surface area contributed by atoms with Gasteiger partial charge in [0, 0.05) is 23.4 Å². The molecule has 0 atom stereocenters. The molecule has 1 aromatic carbocycles. The summed E-state index contributed by atoms with van der Waals surface area (Å²) in [6.45, 7) is 0.163. The van der Waals surface area contributed by atoms with Crippen molar-refractivity contribution in [2.45, 2.75) is 19.1 Å². The molecule has 0 aliphatic rings. The average molecular weight is 412 g/mol. The fraction of sp³-hybridized carbons (Fsp3) is 0.176. The van der Waals surface area contributed by atoms with Crippen molar-refractivity contribution in [2.24, 2.45) is 0 Å². The van der Waals surface area contributed by atoms with E-state index in [-0.39, 0.29) is 18.9 Å².